The standard InChI is InChI=1S/C12H16O2S/c1-9(2)12(13)10-4-6-11(7-5-10)15-8-14-3/h4-7,9H,8H2,1-3H3. The molecule has 0 N–H and O–H groups in total. The van der Waals surface area contributed by atoms with Crippen LogP contribution >= 0.6 is 11.8 Å². The largest absolute Gasteiger partial charge is 0.374 e. The number of rotatable bonds is 5. The van der Waals surface area contributed by atoms with Gasteiger partial charge in [-0.2, -0.15) is 0 Å². The summed E-state index contributed by atoms with van der Waals surface area (Å²) in [6, 6.07) is 7.67. The zero-order valence-electron chi connectivity index (χ0n) is 9.32. The van der Waals surface area contributed by atoms with Crippen molar-refractivity contribution in [1.29, 1.82) is 0 Å². The first-order valence-electron chi connectivity index (χ1n) is 4.91. The molecule has 0 radical (unpaired) electrons. The van der Waals surface area contributed by atoms with Crippen molar-refractivity contribution in [2.45, 2.75) is 18.7 Å². The molecule has 0 saturated heterocycles. The molecular formula is C12H16O2S. The van der Waals surface area contributed by atoms with Crippen molar-refractivity contribution in [3.05, 3.63) is 29.8 Å². The molecule has 3 heteroatoms. The highest BCUT2D eigenvalue weighted by atomic mass is 32.2. The molecule has 0 amide bonds. The maximum atomic E-state index is 11.6. The van der Waals surface area contributed by atoms with E-state index in [1.165, 1.54) is 0 Å². The zero-order valence-corrected chi connectivity index (χ0v) is 10.1. The van der Waals surface area contributed by atoms with E-state index < -0.39 is 0 Å². The van der Waals surface area contributed by atoms with Gasteiger partial charge in [-0.05, 0) is 12.1 Å². The number of carbonyl (C=O) groups excluding carboxylic acids is 1. The Morgan fingerprint density at radius 1 is 1.33 bits per heavy atom. The van der Waals surface area contributed by atoms with Crippen molar-refractivity contribution in [3.8, 4) is 0 Å². The summed E-state index contributed by atoms with van der Waals surface area (Å²) in [5, 5.41) is 0. The number of ether oxygens (including phenoxy) is 1. The molecule has 0 aliphatic heterocycles. The van der Waals surface area contributed by atoms with E-state index in [2.05, 4.69) is 0 Å². The Kier molecular flexibility index (Phi) is 4.85. The summed E-state index contributed by atoms with van der Waals surface area (Å²) in [4.78, 5) is 12.8. The molecule has 1 aromatic rings. The van der Waals surface area contributed by atoms with Gasteiger partial charge in [0.05, 0.1) is 5.94 Å². The lowest BCUT2D eigenvalue weighted by Gasteiger charge is -2.05. The van der Waals surface area contributed by atoms with Gasteiger partial charge < -0.3 is 4.74 Å². The van der Waals surface area contributed by atoms with E-state index in [-0.39, 0.29) is 11.7 Å². The lowest BCUT2D eigenvalue weighted by Crippen LogP contribution is -2.06. The van der Waals surface area contributed by atoms with E-state index in [1.54, 1.807) is 18.9 Å². The van der Waals surface area contributed by atoms with E-state index >= 15 is 0 Å². The third kappa shape index (κ3) is 3.68. The lowest BCUT2D eigenvalue weighted by molar-refractivity contribution is 0.0939. The number of hydrogen-bond acceptors (Lipinski definition) is 3. The van der Waals surface area contributed by atoms with E-state index in [0.29, 0.717) is 5.94 Å². The van der Waals surface area contributed by atoms with Crippen molar-refractivity contribution < 1.29 is 9.53 Å². The Morgan fingerprint density at radius 3 is 2.40 bits per heavy atom. The maximum Gasteiger partial charge on any atom is 0.165 e. The molecular weight excluding hydrogens is 208 g/mol. The van der Waals surface area contributed by atoms with Crippen LogP contribution in [0.5, 0.6) is 0 Å². The molecule has 15 heavy (non-hydrogen) atoms. The van der Waals surface area contributed by atoms with Crippen LogP contribution in [0.3, 0.4) is 0 Å². The number of Topliss-reactive ketones (excluding diaryl/α,β-unsaturated/α-hetero) is 1. The minimum absolute atomic E-state index is 0.0579. The van der Waals surface area contributed by atoms with Crippen molar-refractivity contribution >= 4 is 17.5 Å². The van der Waals surface area contributed by atoms with Gasteiger partial charge in [-0.25, -0.2) is 0 Å². The molecule has 0 aliphatic carbocycles. The second-order valence-corrected chi connectivity index (χ2v) is 4.59. The van der Waals surface area contributed by atoms with E-state index in [9.17, 15) is 4.79 Å². The summed E-state index contributed by atoms with van der Waals surface area (Å²) in [5.74, 6) is 0.887. The summed E-state index contributed by atoms with van der Waals surface area (Å²) in [5.41, 5.74) is 0.784. The predicted octanol–water partition coefficient (Wildman–Crippen LogP) is 3.22. The molecule has 0 spiro atoms. The SMILES string of the molecule is COCSc1ccc(C(=O)C(C)C)cc1. The predicted molar refractivity (Wildman–Crippen MR) is 63.3 cm³/mol. The van der Waals surface area contributed by atoms with Crippen LogP contribution in [0.2, 0.25) is 0 Å². The Labute approximate surface area is 95.0 Å². The number of carbonyl (C=O) groups is 1. The van der Waals surface area contributed by atoms with Gasteiger partial charge in [0.2, 0.25) is 0 Å². The second kappa shape index (κ2) is 5.93. The summed E-state index contributed by atoms with van der Waals surface area (Å²) in [7, 11) is 1.67. The molecule has 1 aromatic carbocycles. The van der Waals surface area contributed by atoms with Crippen molar-refractivity contribution in [2.75, 3.05) is 13.0 Å². The molecule has 0 aliphatic rings. The fourth-order valence-corrected chi connectivity index (χ4v) is 1.76. The average Bonchev–Trinajstić information content (AvgIpc) is 2.26. The van der Waals surface area contributed by atoms with Crippen molar-refractivity contribution in [2.24, 2.45) is 5.92 Å². The topological polar surface area (TPSA) is 26.3 Å². The van der Waals surface area contributed by atoms with Crippen LogP contribution in [0, 0.1) is 5.92 Å². The first-order chi connectivity index (χ1) is 7.15. The molecule has 0 fully saturated rings. The van der Waals surface area contributed by atoms with Gasteiger partial charge in [0.1, 0.15) is 0 Å². The first-order valence-corrected chi connectivity index (χ1v) is 5.89. The molecule has 82 valence electrons. The van der Waals surface area contributed by atoms with Crippen molar-refractivity contribution in [1.82, 2.24) is 0 Å². The number of methoxy groups -OCH3 is 1. The highest BCUT2D eigenvalue weighted by Gasteiger charge is 2.09. The van der Waals surface area contributed by atoms with Gasteiger partial charge in [0.25, 0.3) is 0 Å². The van der Waals surface area contributed by atoms with Crippen molar-refractivity contribution in [3.63, 3.8) is 0 Å². The Hall–Kier alpha value is -0.800. The molecule has 0 aromatic heterocycles. The smallest absolute Gasteiger partial charge is 0.165 e. The maximum absolute atomic E-state index is 11.6. The van der Waals surface area contributed by atoms with Gasteiger partial charge in [-0.3, -0.25) is 4.79 Å². The van der Waals surface area contributed by atoms with E-state index in [1.807, 2.05) is 38.1 Å². The fraction of sp³-hybridized carbons (Fsp3) is 0.417. The molecule has 2 nitrogen and oxygen atoms in total. The van der Waals surface area contributed by atoms with Crippen LogP contribution in [0.15, 0.2) is 29.2 Å². The molecule has 0 saturated carbocycles. The van der Waals surface area contributed by atoms with Gasteiger partial charge in [0.15, 0.2) is 5.78 Å². The monoisotopic (exact) mass is 224 g/mol. The van der Waals surface area contributed by atoms with E-state index in [0.717, 1.165) is 10.5 Å². The summed E-state index contributed by atoms with van der Waals surface area (Å²) < 4.78 is 4.96. The molecule has 0 atom stereocenters. The van der Waals surface area contributed by atoms with Crippen LogP contribution in [0.25, 0.3) is 0 Å². The van der Waals surface area contributed by atoms with Crippen LogP contribution in [0.4, 0.5) is 0 Å². The fourth-order valence-electron chi connectivity index (χ4n) is 1.18. The third-order valence-corrected chi connectivity index (χ3v) is 2.97. The minimum atomic E-state index is 0.0579. The summed E-state index contributed by atoms with van der Waals surface area (Å²) >= 11 is 1.62. The highest BCUT2D eigenvalue weighted by molar-refractivity contribution is 7.99. The molecule has 0 bridgehead atoms. The molecule has 0 unspecified atom stereocenters. The highest BCUT2D eigenvalue weighted by Crippen LogP contribution is 2.19. The quantitative estimate of drug-likeness (QED) is 0.436. The Morgan fingerprint density at radius 2 is 1.93 bits per heavy atom. The van der Waals surface area contributed by atoms with E-state index in [4.69, 9.17) is 4.74 Å². The third-order valence-electron chi connectivity index (χ3n) is 2.01. The first kappa shape index (κ1) is 12.3. The average molecular weight is 224 g/mol. The second-order valence-electron chi connectivity index (χ2n) is 3.59. The van der Waals surface area contributed by atoms with Gasteiger partial charge >= 0.3 is 0 Å². The molecule has 1 rings (SSSR count). The molecule has 0 heterocycles. The zero-order chi connectivity index (χ0) is 11.3. The van der Waals surface area contributed by atoms with Crippen LogP contribution in [0.1, 0.15) is 24.2 Å². The summed E-state index contributed by atoms with van der Waals surface area (Å²) in [6.45, 7) is 3.83. The van der Waals surface area contributed by atoms with Crippen LogP contribution in [-0.4, -0.2) is 18.8 Å². The Bertz CT molecular complexity index is 317. The van der Waals surface area contributed by atoms with Crippen LogP contribution in [-0.2, 0) is 4.74 Å². The van der Waals surface area contributed by atoms with Gasteiger partial charge in [-0.1, -0.05) is 37.7 Å². The normalized spacial score (nSPS) is 10.7. The Balaban J connectivity index is 2.68. The van der Waals surface area contributed by atoms with Gasteiger partial charge in [0, 0.05) is 23.5 Å². The summed E-state index contributed by atoms with van der Waals surface area (Å²) in [6.07, 6.45) is 0. The number of benzene rings is 1. The van der Waals surface area contributed by atoms with Gasteiger partial charge in [-0.15, -0.1) is 0 Å². The lowest BCUT2D eigenvalue weighted by atomic mass is 10.0. The number of thioether (sulfide) groups is 1. The minimum Gasteiger partial charge on any atom is -0.374 e. The number of hydrogen-bond donors (Lipinski definition) is 0. The number of ketones is 1. The van der Waals surface area contributed by atoms with Crippen LogP contribution < -0.4 is 0 Å².